The second-order valence-corrected chi connectivity index (χ2v) is 8.09. The molecule has 0 heterocycles. The van der Waals surface area contributed by atoms with Gasteiger partial charge >= 0.3 is 0 Å². The van der Waals surface area contributed by atoms with Crippen molar-refractivity contribution < 1.29 is 13.2 Å². The fourth-order valence-corrected chi connectivity index (χ4v) is 3.89. The van der Waals surface area contributed by atoms with Gasteiger partial charge < -0.3 is 11.1 Å². The Hall–Kier alpha value is -2.38. The molecule has 0 aliphatic heterocycles. The zero-order valence-corrected chi connectivity index (χ0v) is 16.1. The molecule has 0 radical (unpaired) electrons. The van der Waals surface area contributed by atoms with Gasteiger partial charge in [0, 0.05) is 12.6 Å². The number of nitrogens with one attached hydrogen (secondary N) is 2. The molecule has 140 valence electrons. The first-order valence-electron chi connectivity index (χ1n) is 8.43. The third-order valence-electron chi connectivity index (χ3n) is 3.93. The van der Waals surface area contributed by atoms with E-state index in [4.69, 9.17) is 5.73 Å². The zero-order valence-electron chi connectivity index (χ0n) is 15.2. The van der Waals surface area contributed by atoms with Crippen LogP contribution in [0.25, 0.3) is 0 Å². The first-order valence-corrected chi connectivity index (χ1v) is 9.92. The van der Waals surface area contributed by atoms with Gasteiger partial charge in [-0.05, 0) is 56.5 Å². The van der Waals surface area contributed by atoms with E-state index in [-0.39, 0.29) is 28.1 Å². The maximum atomic E-state index is 12.8. The maximum Gasteiger partial charge on any atom is 0.262 e. The van der Waals surface area contributed by atoms with Crippen molar-refractivity contribution in [2.24, 2.45) is 5.73 Å². The highest BCUT2D eigenvalue weighted by Gasteiger charge is 2.20. The van der Waals surface area contributed by atoms with E-state index in [1.54, 1.807) is 43.3 Å². The van der Waals surface area contributed by atoms with Gasteiger partial charge in [-0.1, -0.05) is 24.3 Å². The van der Waals surface area contributed by atoms with E-state index in [0.29, 0.717) is 18.5 Å². The van der Waals surface area contributed by atoms with Gasteiger partial charge in [-0.2, -0.15) is 0 Å². The molecule has 26 heavy (non-hydrogen) atoms. The molecule has 2 aromatic carbocycles. The minimum absolute atomic E-state index is 0.0201. The van der Waals surface area contributed by atoms with Crippen LogP contribution in [0.4, 0.5) is 5.69 Å². The molecule has 7 heteroatoms. The van der Waals surface area contributed by atoms with E-state index in [1.807, 2.05) is 19.9 Å². The number of nitrogens with two attached hydrogens (primary N) is 1. The average Bonchev–Trinajstić information content (AvgIpc) is 2.56. The lowest BCUT2D eigenvalue weighted by molar-refractivity contribution is 0.0953. The Bertz CT molecular complexity index is 893. The Kier molecular flexibility index (Phi) is 6.39. The van der Waals surface area contributed by atoms with Crippen molar-refractivity contribution >= 4 is 21.6 Å². The molecule has 0 saturated carbocycles. The minimum Gasteiger partial charge on any atom is -0.352 e. The van der Waals surface area contributed by atoms with Crippen molar-refractivity contribution in [3.8, 4) is 0 Å². The second kappa shape index (κ2) is 8.33. The predicted octanol–water partition coefficient (Wildman–Crippen LogP) is 2.57. The lowest BCUT2D eigenvalue weighted by Gasteiger charge is -2.14. The lowest BCUT2D eigenvalue weighted by Crippen LogP contribution is -2.29. The first kappa shape index (κ1) is 19.9. The number of amides is 1. The van der Waals surface area contributed by atoms with Gasteiger partial charge in [-0.3, -0.25) is 9.52 Å². The number of sulfonamides is 1. The molecule has 1 amide bonds. The van der Waals surface area contributed by atoms with Crippen molar-refractivity contribution in [2.45, 2.75) is 38.1 Å². The number of aryl methyl sites for hydroxylation is 2. The molecule has 0 aliphatic carbocycles. The van der Waals surface area contributed by atoms with Gasteiger partial charge in [0.1, 0.15) is 0 Å². The van der Waals surface area contributed by atoms with E-state index >= 15 is 0 Å². The molecule has 4 N–H and O–H groups in total. The van der Waals surface area contributed by atoms with E-state index < -0.39 is 10.0 Å². The molecule has 0 fully saturated rings. The van der Waals surface area contributed by atoms with Crippen LogP contribution in [0.5, 0.6) is 0 Å². The van der Waals surface area contributed by atoms with Crippen LogP contribution in [0.15, 0.2) is 47.4 Å². The average molecular weight is 375 g/mol. The molecular weight excluding hydrogens is 350 g/mol. The largest absolute Gasteiger partial charge is 0.352 e. The molecule has 2 rings (SSSR count). The summed E-state index contributed by atoms with van der Waals surface area (Å²) in [5, 5.41) is 2.76. The van der Waals surface area contributed by atoms with Crippen LogP contribution in [-0.2, 0) is 10.0 Å². The number of benzene rings is 2. The number of para-hydroxylation sites is 1. The van der Waals surface area contributed by atoms with Crippen LogP contribution in [0.3, 0.4) is 0 Å². The Morgan fingerprint density at radius 3 is 2.54 bits per heavy atom. The SMILES string of the molecule is Cc1ccc(C)c(S(=O)(=O)Nc2ccccc2C(=O)NCCC(C)N)c1. The molecule has 2 aromatic rings. The number of carbonyl (C=O) groups excluding carboxylic acids is 1. The molecular formula is C19H25N3O3S. The van der Waals surface area contributed by atoms with Crippen molar-refractivity contribution in [2.75, 3.05) is 11.3 Å². The summed E-state index contributed by atoms with van der Waals surface area (Å²) >= 11 is 0. The summed E-state index contributed by atoms with van der Waals surface area (Å²) in [7, 11) is -3.81. The van der Waals surface area contributed by atoms with Crippen molar-refractivity contribution in [1.29, 1.82) is 0 Å². The molecule has 1 unspecified atom stereocenters. The molecule has 0 bridgehead atoms. The molecule has 1 atom stereocenters. The predicted molar refractivity (Wildman–Crippen MR) is 104 cm³/mol. The Labute approximate surface area is 154 Å². The van der Waals surface area contributed by atoms with Crippen molar-refractivity contribution in [3.63, 3.8) is 0 Å². The molecule has 6 nitrogen and oxygen atoms in total. The van der Waals surface area contributed by atoms with Gasteiger partial charge in [0.05, 0.1) is 16.1 Å². The molecule has 0 aliphatic rings. The normalized spacial score (nSPS) is 12.5. The highest BCUT2D eigenvalue weighted by atomic mass is 32.2. The van der Waals surface area contributed by atoms with E-state index in [2.05, 4.69) is 10.0 Å². The fourth-order valence-electron chi connectivity index (χ4n) is 2.48. The van der Waals surface area contributed by atoms with Crippen LogP contribution in [0.1, 0.15) is 34.8 Å². The number of anilines is 1. The molecule has 0 aromatic heterocycles. The third kappa shape index (κ3) is 5.06. The van der Waals surface area contributed by atoms with E-state index in [1.165, 1.54) is 0 Å². The Morgan fingerprint density at radius 2 is 1.85 bits per heavy atom. The summed E-state index contributed by atoms with van der Waals surface area (Å²) in [5.74, 6) is -0.343. The van der Waals surface area contributed by atoms with Gasteiger partial charge in [-0.25, -0.2) is 8.42 Å². The zero-order chi connectivity index (χ0) is 19.3. The standard InChI is InChI=1S/C19H25N3O3S/c1-13-8-9-14(2)18(12-13)26(24,25)22-17-7-5-4-6-16(17)19(23)21-11-10-15(3)20/h4-9,12,15,22H,10-11,20H2,1-3H3,(H,21,23). The van der Waals surface area contributed by atoms with Crippen molar-refractivity contribution in [3.05, 3.63) is 59.2 Å². The van der Waals surface area contributed by atoms with Gasteiger partial charge in [-0.15, -0.1) is 0 Å². The first-order chi connectivity index (χ1) is 12.2. The summed E-state index contributed by atoms with van der Waals surface area (Å²) in [6, 6.07) is 11.7. The third-order valence-corrected chi connectivity index (χ3v) is 5.44. The Balaban J connectivity index is 2.27. The number of hydrogen-bond donors (Lipinski definition) is 3. The smallest absolute Gasteiger partial charge is 0.262 e. The quantitative estimate of drug-likeness (QED) is 0.692. The van der Waals surface area contributed by atoms with Crippen LogP contribution in [-0.4, -0.2) is 26.9 Å². The summed E-state index contributed by atoms with van der Waals surface area (Å²) in [6.07, 6.45) is 0.641. The minimum atomic E-state index is -3.81. The number of hydrogen-bond acceptors (Lipinski definition) is 4. The van der Waals surface area contributed by atoms with Crippen LogP contribution >= 0.6 is 0 Å². The van der Waals surface area contributed by atoms with Crippen LogP contribution in [0.2, 0.25) is 0 Å². The highest BCUT2D eigenvalue weighted by molar-refractivity contribution is 7.92. The van der Waals surface area contributed by atoms with Gasteiger partial charge in [0.15, 0.2) is 0 Å². The van der Waals surface area contributed by atoms with Crippen molar-refractivity contribution in [1.82, 2.24) is 5.32 Å². The molecule has 0 spiro atoms. The topological polar surface area (TPSA) is 101 Å². The lowest BCUT2D eigenvalue weighted by atomic mass is 10.1. The van der Waals surface area contributed by atoms with Crippen LogP contribution < -0.4 is 15.8 Å². The summed E-state index contributed by atoms with van der Waals surface area (Å²) in [6.45, 7) is 5.85. The highest BCUT2D eigenvalue weighted by Crippen LogP contribution is 2.23. The summed E-state index contributed by atoms with van der Waals surface area (Å²) in [5.41, 5.74) is 7.68. The number of carbonyl (C=O) groups is 1. The number of rotatable bonds is 7. The maximum absolute atomic E-state index is 12.8. The molecule has 0 saturated heterocycles. The van der Waals surface area contributed by atoms with Gasteiger partial charge in [0.2, 0.25) is 0 Å². The second-order valence-electron chi connectivity index (χ2n) is 6.44. The Morgan fingerprint density at radius 1 is 1.15 bits per heavy atom. The monoisotopic (exact) mass is 375 g/mol. The summed E-state index contributed by atoms with van der Waals surface area (Å²) in [4.78, 5) is 12.6. The van der Waals surface area contributed by atoms with E-state index in [0.717, 1.165) is 5.56 Å². The van der Waals surface area contributed by atoms with Gasteiger partial charge in [0.25, 0.3) is 15.9 Å². The van der Waals surface area contributed by atoms with E-state index in [9.17, 15) is 13.2 Å². The fraction of sp³-hybridized carbons (Fsp3) is 0.316. The summed E-state index contributed by atoms with van der Waals surface area (Å²) < 4.78 is 28.1. The van der Waals surface area contributed by atoms with Crippen LogP contribution in [0, 0.1) is 13.8 Å².